The van der Waals surface area contributed by atoms with Crippen LogP contribution in [-0.2, 0) is 15.1 Å². The molecule has 0 aliphatic carbocycles. The van der Waals surface area contributed by atoms with Gasteiger partial charge in [0.1, 0.15) is 29.7 Å². The van der Waals surface area contributed by atoms with Gasteiger partial charge >= 0.3 is 0 Å². The summed E-state index contributed by atoms with van der Waals surface area (Å²) in [5, 5.41) is 29.9. The van der Waals surface area contributed by atoms with E-state index in [1.54, 1.807) is 7.11 Å². The molecule has 162 valence electrons. The van der Waals surface area contributed by atoms with E-state index >= 15 is 0 Å². The Morgan fingerprint density at radius 1 is 0.742 bits per heavy atom. The van der Waals surface area contributed by atoms with Crippen molar-refractivity contribution in [2.75, 3.05) is 13.7 Å². The van der Waals surface area contributed by atoms with Crippen LogP contribution >= 0.6 is 0 Å². The molecule has 3 aromatic rings. The van der Waals surface area contributed by atoms with Crippen LogP contribution in [0.4, 0.5) is 0 Å². The summed E-state index contributed by atoms with van der Waals surface area (Å²) < 4.78 is 17.2. The molecule has 0 amide bonds. The van der Waals surface area contributed by atoms with E-state index in [-0.39, 0.29) is 6.61 Å². The molecule has 0 radical (unpaired) electrons. The second-order valence-electron chi connectivity index (χ2n) is 7.50. The molecule has 0 bridgehead atoms. The van der Waals surface area contributed by atoms with Crippen LogP contribution in [-0.4, -0.2) is 53.6 Å². The molecule has 3 aromatic carbocycles. The van der Waals surface area contributed by atoms with Crippen molar-refractivity contribution in [3.8, 4) is 5.75 Å². The molecule has 1 aliphatic heterocycles. The number of methoxy groups -OCH3 is 1. The van der Waals surface area contributed by atoms with E-state index in [4.69, 9.17) is 14.2 Å². The molecule has 4 rings (SSSR count). The van der Waals surface area contributed by atoms with Gasteiger partial charge in [-0.05, 0) is 28.8 Å². The second kappa shape index (κ2) is 9.18. The van der Waals surface area contributed by atoms with Gasteiger partial charge in [-0.1, -0.05) is 72.8 Å². The van der Waals surface area contributed by atoms with Gasteiger partial charge in [0.25, 0.3) is 0 Å². The first-order valence-electron chi connectivity index (χ1n) is 10.2. The van der Waals surface area contributed by atoms with Crippen molar-refractivity contribution in [3.63, 3.8) is 0 Å². The van der Waals surface area contributed by atoms with Crippen molar-refractivity contribution in [2.45, 2.75) is 30.2 Å². The maximum Gasteiger partial charge on any atom is 0.184 e. The topological polar surface area (TPSA) is 88.4 Å². The highest BCUT2D eigenvalue weighted by Crippen LogP contribution is 2.41. The zero-order valence-corrected chi connectivity index (χ0v) is 17.2. The maximum absolute atomic E-state index is 10.3. The predicted octanol–water partition coefficient (Wildman–Crippen LogP) is 2.44. The molecule has 1 fully saturated rings. The van der Waals surface area contributed by atoms with Crippen molar-refractivity contribution in [1.82, 2.24) is 0 Å². The van der Waals surface area contributed by atoms with Gasteiger partial charge in [0, 0.05) is 0 Å². The van der Waals surface area contributed by atoms with Gasteiger partial charge < -0.3 is 29.5 Å². The minimum atomic E-state index is -1.45. The molecular formula is C25H26O6. The summed E-state index contributed by atoms with van der Waals surface area (Å²) in [5.41, 5.74) is 1.62. The average molecular weight is 422 g/mol. The zero-order chi connectivity index (χ0) is 21.8. The third-order valence-corrected chi connectivity index (χ3v) is 5.66. The Bertz CT molecular complexity index is 921. The zero-order valence-electron chi connectivity index (χ0n) is 17.2. The fraction of sp³-hybridized carbons (Fsp3) is 0.280. The lowest BCUT2D eigenvalue weighted by atomic mass is 9.80. The number of aliphatic hydroxyl groups is 3. The largest absolute Gasteiger partial charge is 0.497 e. The van der Waals surface area contributed by atoms with Gasteiger partial charge in [-0.3, -0.25) is 0 Å². The minimum Gasteiger partial charge on any atom is -0.497 e. The number of rotatable bonds is 7. The molecule has 1 heterocycles. The van der Waals surface area contributed by atoms with Crippen LogP contribution < -0.4 is 4.74 Å². The van der Waals surface area contributed by atoms with Crippen LogP contribution in [0.5, 0.6) is 5.75 Å². The first-order chi connectivity index (χ1) is 15.1. The highest BCUT2D eigenvalue weighted by molar-refractivity contribution is 5.48. The molecular weight excluding hydrogens is 396 g/mol. The summed E-state index contributed by atoms with van der Waals surface area (Å²) in [7, 11) is 1.61. The molecule has 4 atom stereocenters. The molecule has 0 saturated carbocycles. The number of hydrogen-bond donors (Lipinski definition) is 3. The summed E-state index contributed by atoms with van der Waals surface area (Å²) >= 11 is 0. The molecule has 4 unspecified atom stereocenters. The van der Waals surface area contributed by atoms with Crippen LogP contribution in [0.25, 0.3) is 0 Å². The van der Waals surface area contributed by atoms with E-state index in [0.29, 0.717) is 0 Å². The maximum atomic E-state index is 10.3. The molecule has 0 aromatic heterocycles. The smallest absolute Gasteiger partial charge is 0.184 e. The molecule has 1 saturated heterocycles. The molecule has 6 heteroatoms. The van der Waals surface area contributed by atoms with Crippen LogP contribution in [0.15, 0.2) is 84.9 Å². The van der Waals surface area contributed by atoms with Gasteiger partial charge in [0.2, 0.25) is 0 Å². The lowest BCUT2D eigenvalue weighted by Crippen LogP contribution is -2.39. The number of aliphatic hydroxyl groups excluding tert-OH is 3. The van der Waals surface area contributed by atoms with E-state index < -0.39 is 30.2 Å². The normalized spacial score (nSPS) is 23.6. The lowest BCUT2D eigenvalue weighted by Gasteiger charge is -2.37. The van der Waals surface area contributed by atoms with E-state index in [2.05, 4.69) is 0 Å². The predicted molar refractivity (Wildman–Crippen MR) is 115 cm³/mol. The molecule has 0 spiro atoms. The second-order valence-corrected chi connectivity index (χ2v) is 7.50. The minimum absolute atomic E-state index is 0.0505. The fourth-order valence-corrected chi connectivity index (χ4v) is 4.00. The van der Waals surface area contributed by atoms with Crippen molar-refractivity contribution < 1.29 is 29.5 Å². The van der Waals surface area contributed by atoms with Gasteiger partial charge in [0.15, 0.2) is 6.29 Å². The van der Waals surface area contributed by atoms with E-state index in [1.807, 2.05) is 84.9 Å². The Kier molecular flexibility index (Phi) is 6.36. The summed E-state index contributed by atoms with van der Waals surface area (Å²) in [4.78, 5) is 0. The summed E-state index contributed by atoms with van der Waals surface area (Å²) in [6.07, 6.45) is -4.96. The third-order valence-electron chi connectivity index (χ3n) is 5.66. The standard InChI is InChI=1S/C25H26O6/c1-29-20-14-12-19(13-15-20)25(17-8-4-2-5-9-17,18-10-6-3-7-11-18)30-16-21-22(26)23(27)24(28)31-21/h2-15,21-24,26-28H,16H2,1H3. The van der Waals surface area contributed by atoms with Crippen LogP contribution in [0.1, 0.15) is 16.7 Å². The molecule has 3 N–H and O–H groups in total. The van der Waals surface area contributed by atoms with Gasteiger partial charge in [0.05, 0.1) is 13.7 Å². The monoisotopic (exact) mass is 422 g/mol. The van der Waals surface area contributed by atoms with Gasteiger partial charge in [-0.15, -0.1) is 0 Å². The number of ether oxygens (including phenoxy) is 3. The van der Waals surface area contributed by atoms with Crippen molar-refractivity contribution in [2.24, 2.45) is 0 Å². The van der Waals surface area contributed by atoms with Crippen molar-refractivity contribution in [1.29, 1.82) is 0 Å². The van der Waals surface area contributed by atoms with Crippen LogP contribution in [0.3, 0.4) is 0 Å². The first-order valence-corrected chi connectivity index (χ1v) is 10.2. The van der Waals surface area contributed by atoms with Crippen molar-refractivity contribution in [3.05, 3.63) is 102 Å². The van der Waals surface area contributed by atoms with Crippen molar-refractivity contribution >= 4 is 0 Å². The lowest BCUT2D eigenvalue weighted by molar-refractivity contribution is -0.145. The number of hydrogen-bond acceptors (Lipinski definition) is 6. The van der Waals surface area contributed by atoms with Gasteiger partial charge in [-0.25, -0.2) is 0 Å². The first kappa shape index (κ1) is 21.5. The summed E-state index contributed by atoms with van der Waals surface area (Å²) in [6, 6.07) is 27.2. The molecule has 31 heavy (non-hydrogen) atoms. The van der Waals surface area contributed by atoms with Gasteiger partial charge in [-0.2, -0.15) is 0 Å². The Balaban J connectivity index is 1.81. The van der Waals surface area contributed by atoms with E-state index in [1.165, 1.54) is 0 Å². The number of benzene rings is 3. The third kappa shape index (κ3) is 4.08. The Morgan fingerprint density at radius 3 is 1.71 bits per heavy atom. The van der Waals surface area contributed by atoms with Crippen LogP contribution in [0, 0.1) is 0 Å². The fourth-order valence-electron chi connectivity index (χ4n) is 4.00. The quantitative estimate of drug-likeness (QED) is 0.507. The Hall–Kier alpha value is -2.74. The molecule has 1 aliphatic rings. The summed E-state index contributed by atoms with van der Waals surface area (Å²) in [5.74, 6) is 0.722. The van der Waals surface area contributed by atoms with E-state index in [0.717, 1.165) is 22.4 Å². The highest BCUT2D eigenvalue weighted by Gasteiger charge is 2.45. The SMILES string of the molecule is COc1ccc(C(OCC2OC(O)C(O)C2O)(c2ccccc2)c2ccccc2)cc1. The Labute approximate surface area is 181 Å². The highest BCUT2D eigenvalue weighted by atomic mass is 16.7. The van der Waals surface area contributed by atoms with Crippen LogP contribution in [0.2, 0.25) is 0 Å². The summed E-state index contributed by atoms with van der Waals surface area (Å²) in [6.45, 7) is -0.0505. The van der Waals surface area contributed by atoms with E-state index in [9.17, 15) is 15.3 Å². The Morgan fingerprint density at radius 2 is 1.26 bits per heavy atom. The average Bonchev–Trinajstić information content (AvgIpc) is 3.08. The molecule has 6 nitrogen and oxygen atoms in total.